The van der Waals surface area contributed by atoms with Gasteiger partial charge in [-0.25, -0.2) is 0 Å². The van der Waals surface area contributed by atoms with E-state index < -0.39 is 0 Å². The minimum atomic E-state index is -0.0580. The Labute approximate surface area is 130 Å². The van der Waals surface area contributed by atoms with Gasteiger partial charge in [-0.3, -0.25) is 0 Å². The maximum absolute atomic E-state index is 6.45. The summed E-state index contributed by atoms with van der Waals surface area (Å²) >= 11 is 3.61. The molecule has 0 aromatic heterocycles. The predicted octanol–water partition coefficient (Wildman–Crippen LogP) is 5.07. The number of aryl methyl sites for hydroxylation is 3. The van der Waals surface area contributed by atoms with Crippen LogP contribution in [-0.4, -0.2) is 0 Å². The molecule has 2 N–H and O–H groups in total. The second-order valence-corrected chi connectivity index (χ2v) is 6.23. The number of rotatable bonds is 4. The highest BCUT2D eigenvalue weighted by Crippen LogP contribution is 2.28. The Morgan fingerprint density at radius 1 is 1.05 bits per heavy atom. The summed E-state index contributed by atoms with van der Waals surface area (Å²) in [6.45, 7) is 6.43. The molecule has 0 saturated heterocycles. The molecule has 0 spiro atoms. The van der Waals surface area contributed by atoms with Crippen molar-refractivity contribution >= 4 is 15.9 Å². The first-order chi connectivity index (χ1) is 9.52. The number of halogens is 1. The lowest BCUT2D eigenvalue weighted by Crippen LogP contribution is -2.12. The van der Waals surface area contributed by atoms with Crippen LogP contribution < -0.4 is 5.73 Å². The highest BCUT2D eigenvalue weighted by atomic mass is 79.9. The first-order valence-corrected chi connectivity index (χ1v) is 7.93. The summed E-state index contributed by atoms with van der Waals surface area (Å²) in [6.07, 6.45) is 2.27. The van der Waals surface area contributed by atoms with Gasteiger partial charge in [0.15, 0.2) is 0 Å². The maximum atomic E-state index is 6.45. The molecule has 0 saturated carbocycles. The van der Waals surface area contributed by atoms with Crippen molar-refractivity contribution in [2.45, 2.75) is 39.7 Å². The Kier molecular flexibility index (Phi) is 5.00. The fourth-order valence-electron chi connectivity index (χ4n) is 2.58. The van der Waals surface area contributed by atoms with Gasteiger partial charge in [0.25, 0.3) is 0 Å². The van der Waals surface area contributed by atoms with Gasteiger partial charge in [-0.1, -0.05) is 65.7 Å². The standard InChI is InChI=1S/C18H22BrN/c1-4-6-14-7-5-8-15(11-14)18(20)16-9-12(2)17(19)13(3)10-16/h5,7-11,18H,4,6,20H2,1-3H3. The van der Waals surface area contributed by atoms with Crippen molar-refractivity contribution in [2.24, 2.45) is 5.73 Å². The van der Waals surface area contributed by atoms with Gasteiger partial charge in [0.2, 0.25) is 0 Å². The number of hydrogen-bond acceptors (Lipinski definition) is 1. The number of hydrogen-bond donors (Lipinski definition) is 1. The quantitative estimate of drug-likeness (QED) is 0.831. The molecule has 1 unspecified atom stereocenters. The maximum Gasteiger partial charge on any atom is 0.0551 e. The van der Waals surface area contributed by atoms with Gasteiger partial charge in [-0.15, -0.1) is 0 Å². The van der Waals surface area contributed by atoms with Gasteiger partial charge in [0.05, 0.1) is 6.04 Å². The largest absolute Gasteiger partial charge is 0.320 e. The van der Waals surface area contributed by atoms with Gasteiger partial charge in [-0.05, 0) is 48.1 Å². The minimum absolute atomic E-state index is 0.0580. The van der Waals surface area contributed by atoms with E-state index in [1.807, 2.05) is 0 Å². The van der Waals surface area contributed by atoms with E-state index in [4.69, 9.17) is 5.73 Å². The van der Waals surface area contributed by atoms with Crippen molar-refractivity contribution in [1.82, 2.24) is 0 Å². The lowest BCUT2D eigenvalue weighted by molar-refractivity contribution is 0.855. The van der Waals surface area contributed by atoms with Crippen LogP contribution >= 0.6 is 15.9 Å². The van der Waals surface area contributed by atoms with Crippen LogP contribution in [0.3, 0.4) is 0 Å². The Balaban J connectivity index is 2.35. The molecule has 0 fully saturated rings. The van der Waals surface area contributed by atoms with Gasteiger partial charge in [0, 0.05) is 4.47 Å². The molecule has 20 heavy (non-hydrogen) atoms. The lowest BCUT2D eigenvalue weighted by atomic mass is 9.94. The second kappa shape index (κ2) is 6.55. The number of benzene rings is 2. The van der Waals surface area contributed by atoms with E-state index in [0.717, 1.165) is 12.8 Å². The molecular weight excluding hydrogens is 310 g/mol. The van der Waals surface area contributed by atoms with Crippen molar-refractivity contribution in [2.75, 3.05) is 0 Å². The smallest absolute Gasteiger partial charge is 0.0551 e. The molecule has 2 aromatic carbocycles. The topological polar surface area (TPSA) is 26.0 Å². The third kappa shape index (κ3) is 3.31. The summed E-state index contributed by atoms with van der Waals surface area (Å²) in [7, 11) is 0. The van der Waals surface area contributed by atoms with Crippen LogP contribution in [0.1, 0.15) is 47.2 Å². The molecule has 0 radical (unpaired) electrons. The third-order valence-corrected chi connectivity index (χ3v) is 4.92. The fraction of sp³-hybridized carbons (Fsp3) is 0.333. The Hall–Kier alpha value is -1.12. The lowest BCUT2D eigenvalue weighted by Gasteiger charge is -2.16. The van der Waals surface area contributed by atoms with Crippen LogP contribution in [0, 0.1) is 13.8 Å². The van der Waals surface area contributed by atoms with E-state index in [0.29, 0.717) is 0 Å². The monoisotopic (exact) mass is 331 g/mol. The van der Waals surface area contributed by atoms with E-state index in [1.54, 1.807) is 0 Å². The zero-order chi connectivity index (χ0) is 14.7. The molecule has 0 aliphatic rings. The Morgan fingerprint density at radius 3 is 2.30 bits per heavy atom. The van der Waals surface area contributed by atoms with E-state index in [9.17, 15) is 0 Å². The van der Waals surface area contributed by atoms with Crippen LogP contribution in [0.15, 0.2) is 40.9 Å². The molecule has 0 aliphatic carbocycles. The summed E-state index contributed by atoms with van der Waals surface area (Å²) in [5, 5.41) is 0. The minimum Gasteiger partial charge on any atom is -0.320 e. The van der Waals surface area contributed by atoms with Crippen molar-refractivity contribution in [1.29, 1.82) is 0 Å². The van der Waals surface area contributed by atoms with E-state index in [1.165, 1.54) is 32.3 Å². The van der Waals surface area contributed by atoms with Crippen LogP contribution in [0.2, 0.25) is 0 Å². The first-order valence-electron chi connectivity index (χ1n) is 7.14. The van der Waals surface area contributed by atoms with Crippen LogP contribution in [0.4, 0.5) is 0 Å². The molecular formula is C18H22BrN. The molecule has 2 heteroatoms. The average Bonchev–Trinajstić information content (AvgIpc) is 2.44. The highest BCUT2D eigenvalue weighted by Gasteiger charge is 2.12. The van der Waals surface area contributed by atoms with Crippen molar-refractivity contribution < 1.29 is 0 Å². The van der Waals surface area contributed by atoms with Crippen LogP contribution in [-0.2, 0) is 6.42 Å². The summed E-state index contributed by atoms with van der Waals surface area (Å²) in [6, 6.07) is 12.9. The Bertz CT molecular complexity index is 581. The molecule has 0 amide bonds. The van der Waals surface area contributed by atoms with E-state index >= 15 is 0 Å². The molecule has 106 valence electrons. The van der Waals surface area contributed by atoms with Gasteiger partial charge < -0.3 is 5.73 Å². The third-order valence-electron chi connectivity index (χ3n) is 3.67. The molecule has 0 bridgehead atoms. The second-order valence-electron chi connectivity index (χ2n) is 5.44. The average molecular weight is 332 g/mol. The van der Waals surface area contributed by atoms with E-state index in [-0.39, 0.29) is 6.04 Å². The fourth-order valence-corrected chi connectivity index (χ4v) is 2.81. The summed E-state index contributed by atoms with van der Waals surface area (Å²) < 4.78 is 1.17. The highest BCUT2D eigenvalue weighted by molar-refractivity contribution is 9.10. The first kappa shape index (κ1) is 15.3. The normalized spacial score (nSPS) is 12.4. The van der Waals surface area contributed by atoms with Gasteiger partial charge in [-0.2, -0.15) is 0 Å². The Morgan fingerprint density at radius 2 is 1.70 bits per heavy atom. The van der Waals surface area contributed by atoms with Gasteiger partial charge in [0.1, 0.15) is 0 Å². The zero-order valence-electron chi connectivity index (χ0n) is 12.4. The van der Waals surface area contributed by atoms with Gasteiger partial charge >= 0.3 is 0 Å². The summed E-state index contributed by atoms with van der Waals surface area (Å²) in [5.41, 5.74) is 12.7. The SMILES string of the molecule is CCCc1cccc(C(N)c2cc(C)c(Br)c(C)c2)c1. The molecule has 0 heterocycles. The molecule has 1 atom stereocenters. The molecule has 2 rings (SSSR count). The molecule has 2 aromatic rings. The summed E-state index contributed by atoms with van der Waals surface area (Å²) in [4.78, 5) is 0. The number of nitrogens with two attached hydrogens (primary N) is 1. The molecule has 0 aliphatic heterocycles. The molecule has 1 nitrogen and oxygen atoms in total. The van der Waals surface area contributed by atoms with Crippen molar-refractivity contribution in [3.63, 3.8) is 0 Å². The van der Waals surface area contributed by atoms with Crippen LogP contribution in [0.25, 0.3) is 0 Å². The van der Waals surface area contributed by atoms with Crippen LogP contribution in [0.5, 0.6) is 0 Å². The van der Waals surface area contributed by atoms with Crippen molar-refractivity contribution in [3.05, 3.63) is 68.7 Å². The summed E-state index contributed by atoms with van der Waals surface area (Å²) in [5.74, 6) is 0. The van der Waals surface area contributed by atoms with Crippen molar-refractivity contribution in [3.8, 4) is 0 Å². The predicted molar refractivity (Wildman–Crippen MR) is 90.1 cm³/mol. The van der Waals surface area contributed by atoms with E-state index in [2.05, 4.69) is 73.1 Å². The zero-order valence-corrected chi connectivity index (χ0v) is 14.0.